The third-order valence-corrected chi connectivity index (χ3v) is 3.32. The van der Waals surface area contributed by atoms with E-state index in [0.717, 1.165) is 18.2 Å². The highest BCUT2D eigenvalue weighted by Gasteiger charge is 2.23. The molecule has 1 unspecified atom stereocenters. The topological polar surface area (TPSA) is 159 Å². The van der Waals surface area contributed by atoms with Crippen LogP contribution in [-0.2, 0) is 6.54 Å². The van der Waals surface area contributed by atoms with Crippen molar-refractivity contribution in [3.8, 4) is 0 Å². The van der Waals surface area contributed by atoms with Crippen molar-refractivity contribution in [2.24, 2.45) is 5.73 Å². The summed E-state index contributed by atoms with van der Waals surface area (Å²) in [6.07, 6.45) is 3.31. The SMILES string of the molecule is CC(N)(CNC(=O)c1cc([N+](=O)[O-])cc([N+](=O)[O-])c1)Cn1cccn1. The molecule has 1 aromatic heterocycles. The molecule has 0 spiro atoms. The number of benzene rings is 1. The van der Waals surface area contributed by atoms with E-state index in [4.69, 9.17) is 5.73 Å². The van der Waals surface area contributed by atoms with E-state index in [9.17, 15) is 25.0 Å². The molecule has 0 radical (unpaired) electrons. The molecule has 1 amide bonds. The first kappa shape index (κ1) is 18.0. The van der Waals surface area contributed by atoms with E-state index in [2.05, 4.69) is 10.4 Å². The van der Waals surface area contributed by atoms with E-state index in [1.807, 2.05) is 0 Å². The van der Waals surface area contributed by atoms with Gasteiger partial charge in [0.15, 0.2) is 0 Å². The van der Waals surface area contributed by atoms with E-state index >= 15 is 0 Å². The number of non-ortho nitro benzene ring substituents is 2. The van der Waals surface area contributed by atoms with Crippen LogP contribution in [0.2, 0.25) is 0 Å². The molecular weight excluding hydrogens is 332 g/mol. The molecule has 3 N–H and O–H groups in total. The smallest absolute Gasteiger partial charge is 0.277 e. The zero-order valence-corrected chi connectivity index (χ0v) is 13.3. The number of nitro benzene ring substituents is 2. The second kappa shape index (κ2) is 7.05. The first-order valence-electron chi connectivity index (χ1n) is 7.16. The number of rotatable bonds is 7. The number of carbonyl (C=O) groups is 1. The second-order valence-corrected chi connectivity index (χ2v) is 5.79. The fourth-order valence-corrected chi connectivity index (χ4v) is 2.14. The van der Waals surface area contributed by atoms with Gasteiger partial charge in [0.05, 0.1) is 33.6 Å². The largest absolute Gasteiger partial charge is 0.350 e. The summed E-state index contributed by atoms with van der Waals surface area (Å²) in [5, 5.41) is 28.3. The molecule has 0 aliphatic rings. The Bertz CT molecular complexity index is 770. The lowest BCUT2D eigenvalue weighted by molar-refractivity contribution is -0.394. The third kappa shape index (κ3) is 4.81. The molecule has 132 valence electrons. The van der Waals surface area contributed by atoms with Crippen LogP contribution in [0.15, 0.2) is 36.7 Å². The summed E-state index contributed by atoms with van der Waals surface area (Å²) in [7, 11) is 0. The van der Waals surface area contributed by atoms with E-state index in [1.165, 1.54) is 0 Å². The van der Waals surface area contributed by atoms with Crippen LogP contribution in [0.25, 0.3) is 0 Å². The van der Waals surface area contributed by atoms with Crippen molar-refractivity contribution < 1.29 is 14.6 Å². The van der Waals surface area contributed by atoms with Crippen molar-refractivity contribution in [1.29, 1.82) is 0 Å². The normalized spacial score (nSPS) is 13.0. The van der Waals surface area contributed by atoms with Crippen LogP contribution in [0, 0.1) is 20.2 Å². The summed E-state index contributed by atoms with van der Waals surface area (Å²) >= 11 is 0. The Morgan fingerprint density at radius 2 is 1.88 bits per heavy atom. The lowest BCUT2D eigenvalue weighted by Gasteiger charge is -2.24. The van der Waals surface area contributed by atoms with E-state index in [-0.39, 0.29) is 12.1 Å². The van der Waals surface area contributed by atoms with Crippen LogP contribution in [0.5, 0.6) is 0 Å². The minimum Gasteiger partial charge on any atom is -0.350 e. The summed E-state index contributed by atoms with van der Waals surface area (Å²) in [4.78, 5) is 32.3. The van der Waals surface area contributed by atoms with Gasteiger partial charge in [0, 0.05) is 31.1 Å². The number of amides is 1. The molecular formula is C14H16N6O5. The van der Waals surface area contributed by atoms with Crippen LogP contribution in [0.3, 0.4) is 0 Å². The molecule has 2 aromatic rings. The highest BCUT2D eigenvalue weighted by atomic mass is 16.6. The van der Waals surface area contributed by atoms with Crippen molar-refractivity contribution in [1.82, 2.24) is 15.1 Å². The Morgan fingerprint density at radius 1 is 1.28 bits per heavy atom. The van der Waals surface area contributed by atoms with Gasteiger partial charge in [-0.2, -0.15) is 5.10 Å². The highest BCUT2D eigenvalue weighted by Crippen LogP contribution is 2.22. The molecule has 11 heteroatoms. The van der Waals surface area contributed by atoms with Crippen molar-refractivity contribution in [3.63, 3.8) is 0 Å². The van der Waals surface area contributed by atoms with Gasteiger partial charge < -0.3 is 11.1 Å². The highest BCUT2D eigenvalue weighted by molar-refractivity contribution is 5.95. The predicted octanol–water partition coefficient (Wildman–Crippen LogP) is 0.847. The summed E-state index contributed by atoms with van der Waals surface area (Å²) in [6, 6.07) is 4.48. The quantitative estimate of drug-likeness (QED) is 0.554. The Labute approximate surface area is 141 Å². The molecule has 0 aliphatic carbocycles. The fourth-order valence-electron chi connectivity index (χ4n) is 2.14. The van der Waals surface area contributed by atoms with Crippen molar-refractivity contribution in [2.45, 2.75) is 19.0 Å². The molecule has 0 bridgehead atoms. The second-order valence-electron chi connectivity index (χ2n) is 5.79. The molecule has 0 fully saturated rings. The monoisotopic (exact) mass is 348 g/mol. The van der Waals surface area contributed by atoms with Crippen molar-refractivity contribution in [3.05, 3.63) is 62.5 Å². The van der Waals surface area contributed by atoms with Crippen LogP contribution >= 0.6 is 0 Å². The lowest BCUT2D eigenvalue weighted by Crippen LogP contribution is -2.50. The molecule has 1 atom stereocenters. The van der Waals surface area contributed by atoms with Gasteiger partial charge in [0.2, 0.25) is 0 Å². The number of carbonyl (C=O) groups excluding carboxylic acids is 1. The lowest BCUT2D eigenvalue weighted by atomic mass is 10.0. The molecule has 0 saturated carbocycles. The minimum atomic E-state index is -0.839. The van der Waals surface area contributed by atoms with Crippen LogP contribution in [0.1, 0.15) is 17.3 Å². The Kier molecular flexibility index (Phi) is 5.08. The van der Waals surface area contributed by atoms with Gasteiger partial charge in [-0.25, -0.2) is 0 Å². The maximum absolute atomic E-state index is 12.2. The maximum atomic E-state index is 12.2. The third-order valence-electron chi connectivity index (χ3n) is 3.32. The molecule has 2 rings (SSSR count). The van der Waals surface area contributed by atoms with Gasteiger partial charge in [-0.3, -0.25) is 29.7 Å². The zero-order valence-electron chi connectivity index (χ0n) is 13.3. The Balaban J connectivity index is 2.12. The maximum Gasteiger partial charge on any atom is 0.277 e. The molecule has 1 aromatic carbocycles. The summed E-state index contributed by atoms with van der Waals surface area (Å²) in [6.45, 7) is 2.07. The molecule has 11 nitrogen and oxygen atoms in total. The van der Waals surface area contributed by atoms with Gasteiger partial charge in [-0.05, 0) is 13.0 Å². The zero-order chi connectivity index (χ0) is 18.6. The number of nitrogens with two attached hydrogens (primary N) is 1. The number of nitro groups is 2. The molecule has 25 heavy (non-hydrogen) atoms. The van der Waals surface area contributed by atoms with Crippen LogP contribution in [0.4, 0.5) is 11.4 Å². The molecule has 1 heterocycles. The van der Waals surface area contributed by atoms with Crippen LogP contribution in [-0.4, -0.2) is 37.6 Å². The van der Waals surface area contributed by atoms with E-state index in [1.54, 1.807) is 30.1 Å². The van der Waals surface area contributed by atoms with Gasteiger partial charge in [0.1, 0.15) is 0 Å². The molecule has 0 aliphatic heterocycles. The van der Waals surface area contributed by atoms with Crippen molar-refractivity contribution in [2.75, 3.05) is 6.54 Å². The number of aromatic nitrogens is 2. The van der Waals surface area contributed by atoms with Gasteiger partial charge in [-0.1, -0.05) is 0 Å². The van der Waals surface area contributed by atoms with E-state index < -0.39 is 32.7 Å². The Hall–Kier alpha value is -3.34. The minimum absolute atomic E-state index is 0.0438. The first-order valence-corrected chi connectivity index (χ1v) is 7.16. The van der Waals surface area contributed by atoms with E-state index in [0.29, 0.717) is 6.54 Å². The van der Waals surface area contributed by atoms with Crippen LogP contribution < -0.4 is 11.1 Å². The first-order chi connectivity index (χ1) is 11.7. The molecule has 0 saturated heterocycles. The average Bonchev–Trinajstić information content (AvgIpc) is 3.04. The van der Waals surface area contributed by atoms with Crippen molar-refractivity contribution >= 4 is 17.3 Å². The van der Waals surface area contributed by atoms with Gasteiger partial charge in [0.25, 0.3) is 17.3 Å². The van der Waals surface area contributed by atoms with Gasteiger partial charge >= 0.3 is 0 Å². The standard InChI is InChI=1S/C14H16N6O5/c1-14(15,9-18-4-2-3-17-18)8-16-13(21)10-5-11(19(22)23)7-12(6-10)20(24)25/h2-7H,8-9,15H2,1H3,(H,16,21). The summed E-state index contributed by atoms with van der Waals surface area (Å²) < 4.78 is 1.60. The summed E-state index contributed by atoms with van der Waals surface area (Å²) in [5.74, 6) is -0.691. The number of nitrogens with one attached hydrogen (secondary N) is 1. The average molecular weight is 348 g/mol. The number of hydrogen-bond donors (Lipinski definition) is 2. The Morgan fingerprint density at radius 3 is 2.36 bits per heavy atom. The number of nitrogens with zero attached hydrogens (tertiary/aromatic N) is 4. The predicted molar refractivity (Wildman–Crippen MR) is 86.9 cm³/mol. The van der Waals surface area contributed by atoms with Gasteiger partial charge in [-0.15, -0.1) is 0 Å². The number of hydrogen-bond acceptors (Lipinski definition) is 7. The fraction of sp³-hybridized carbons (Fsp3) is 0.286. The summed E-state index contributed by atoms with van der Waals surface area (Å²) in [5.41, 5.74) is 4.00.